The maximum absolute atomic E-state index is 5.67. The number of benzene rings is 1. The molecule has 2 aromatic rings. The number of rotatable bonds is 4. The lowest BCUT2D eigenvalue weighted by molar-refractivity contribution is 0.730. The van der Waals surface area contributed by atoms with E-state index in [4.69, 9.17) is 18.0 Å². The van der Waals surface area contributed by atoms with Crippen LogP contribution in [0, 0.1) is 20.8 Å². The first-order valence-corrected chi connectivity index (χ1v) is 6.94. The number of thiocarbonyl (C=S) groups is 1. The zero-order chi connectivity index (χ0) is 14.9. The van der Waals surface area contributed by atoms with Crippen LogP contribution in [0.4, 0.5) is 5.69 Å². The molecule has 0 fully saturated rings. The molecule has 0 aliphatic rings. The van der Waals surface area contributed by atoms with Crippen molar-refractivity contribution in [2.45, 2.75) is 27.3 Å². The Hall–Kier alpha value is -1.88. The van der Waals surface area contributed by atoms with E-state index < -0.39 is 0 Å². The van der Waals surface area contributed by atoms with Crippen LogP contribution in [0.3, 0.4) is 0 Å². The van der Waals surface area contributed by atoms with Crippen LogP contribution in [0.2, 0.25) is 0 Å². The second kappa shape index (κ2) is 5.63. The van der Waals surface area contributed by atoms with Crippen LogP contribution in [0.5, 0.6) is 0 Å². The third kappa shape index (κ3) is 2.82. The van der Waals surface area contributed by atoms with Crippen molar-refractivity contribution in [2.24, 2.45) is 12.8 Å². The molecule has 1 heterocycles. The molecule has 0 amide bonds. The van der Waals surface area contributed by atoms with Crippen LogP contribution in [0.25, 0.3) is 0 Å². The third-order valence-corrected chi connectivity index (χ3v) is 3.84. The normalized spacial score (nSPS) is 10.6. The molecule has 0 atom stereocenters. The van der Waals surface area contributed by atoms with Gasteiger partial charge in [-0.15, -0.1) is 0 Å². The lowest BCUT2D eigenvalue weighted by atomic mass is 10.1. The summed E-state index contributed by atoms with van der Waals surface area (Å²) in [6, 6.07) is 6.03. The number of hydrogen-bond donors (Lipinski definition) is 2. The molecular formula is C15H20N4S. The number of aromatic nitrogens is 2. The quantitative estimate of drug-likeness (QED) is 0.849. The van der Waals surface area contributed by atoms with Gasteiger partial charge in [0.15, 0.2) is 0 Å². The summed E-state index contributed by atoms with van der Waals surface area (Å²) in [6.07, 6.45) is 0. The molecule has 0 saturated heterocycles. The Morgan fingerprint density at radius 3 is 2.55 bits per heavy atom. The molecule has 5 heteroatoms. The fraction of sp³-hybridized carbons (Fsp3) is 0.333. The fourth-order valence-corrected chi connectivity index (χ4v) is 2.54. The summed E-state index contributed by atoms with van der Waals surface area (Å²) < 4.78 is 1.91. The standard InChI is InChI=1S/C15H20N4S/c1-9-7-12(5-6-13(9)15(16)20)17-8-14-10(2)18-19(4)11(14)3/h5-7,17H,8H2,1-4H3,(H2,16,20). The zero-order valence-corrected chi connectivity index (χ0v) is 13.1. The van der Waals surface area contributed by atoms with Crippen molar-refractivity contribution in [2.75, 3.05) is 5.32 Å². The second-order valence-corrected chi connectivity index (χ2v) is 5.46. The molecule has 4 nitrogen and oxygen atoms in total. The van der Waals surface area contributed by atoms with E-state index in [2.05, 4.69) is 23.4 Å². The van der Waals surface area contributed by atoms with Gasteiger partial charge in [-0.2, -0.15) is 5.10 Å². The van der Waals surface area contributed by atoms with Gasteiger partial charge in [0.25, 0.3) is 0 Å². The predicted octanol–water partition coefficient (Wildman–Crippen LogP) is 2.59. The summed E-state index contributed by atoms with van der Waals surface area (Å²) >= 11 is 5.02. The van der Waals surface area contributed by atoms with Gasteiger partial charge < -0.3 is 11.1 Å². The molecule has 3 N–H and O–H groups in total. The summed E-state index contributed by atoms with van der Waals surface area (Å²) in [4.78, 5) is 0.438. The van der Waals surface area contributed by atoms with Crippen molar-refractivity contribution in [3.8, 4) is 0 Å². The van der Waals surface area contributed by atoms with Crippen molar-refractivity contribution in [3.05, 3.63) is 46.3 Å². The van der Waals surface area contributed by atoms with E-state index in [1.54, 1.807) is 0 Å². The summed E-state index contributed by atoms with van der Waals surface area (Å²) in [5.41, 5.74) is 12.2. The number of aryl methyl sites for hydroxylation is 3. The Labute approximate surface area is 125 Å². The Morgan fingerprint density at radius 1 is 1.35 bits per heavy atom. The lowest BCUT2D eigenvalue weighted by Crippen LogP contribution is -2.11. The fourth-order valence-electron chi connectivity index (χ4n) is 2.31. The van der Waals surface area contributed by atoms with Crippen LogP contribution < -0.4 is 11.1 Å². The predicted molar refractivity (Wildman–Crippen MR) is 87.1 cm³/mol. The highest BCUT2D eigenvalue weighted by Gasteiger charge is 2.09. The molecule has 0 radical (unpaired) electrons. The summed E-state index contributed by atoms with van der Waals surface area (Å²) in [5.74, 6) is 0. The smallest absolute Gasteiger partial charge is 0.104 e. The number of anilines is 1. The molecule has 1 aromatic carbocycles. The van der Waals surface area contributed by atoms with Crippen molar-refractivity contribution in [3.63, 3.8) is 0 Å². The first-order valence-electron chi connectivity index (χ1n) is 6.53. The van der Waals surface area contributed by atoms with Gasteiger partial charge >= 0.3 is 0 Å². The van der Waals surface area contributed by atoms with E-state index in [0.29, 0.717) is 4.99 Å². The van der Waals surface area contributed by atoms with Crippen LogP contribution >= 0.6 is 12.2 Å². The van der Waals surface area contributed by atoms with E-state index in [9.17, 15) is 0 Å². The molecule has 0 aliphatic carbocycles. The largest absolute Gasteiger partial charge is 0.389 e. The highest BCUT2D eigenvalue weighted by molar-refractivity contribution is 7.80. The van der Waals surface area contributed by atoms with Crippen molar-refractivity contribution in [1.29, 1.82) is 0 Å². The second-order valence-electron chi connectivity index (χ2n) is 5.02. The maximum atomic E-state index is 5.67. The molecule has 2 rings (SSSR count). The maximum Gasteiger partial charge on any atom is 0.104 e. The van der Waals surface area contributed by atoms with Gasteiger partial charge in [-0.3, -0.25) is 4.68 Å². The number of nitrogens with zero attached hydrogens (tertiary/aromatic N) is 2. The summed E-state index contributed by atoms with van der Waals surface area (Å²) in [6.45, 7) is 6.89. The van der Waals surface area contributed by atoms with Crippen LogP contribution in [-0.2, 0) is 13.6 Å². The van der Waals surface area contributed by atoms with Crippen LogP contribution in [0.15, 0.2) is 18.2 Å². The highest BCUT2D eigenvalue weighted by atomic mass is 32.1. The van der Waals surface area contributed by atoms with E-state index in [-0.39, 0.29) is 0 Å². The minimum Gasteiger partial charge on any atom is -0.389 e. The number of hydrogen-bond acceptors (Lipinski definition) is 3. The highest BCUT2D eigenvalue weighted by Crippen LogP contribution is 2.18. The molecule has 1 aromatic heterocycles. The lowest BCUT2D eigenvalue weighted by Gasteiger charge is -2.10. The Bertz CT molecular complexity index is 658. The monoisotopic (exact) mass is 288 g/mol. The Morgan fingerprint density at radius 2 is 2.05 bits per heavy atom. The molecule has 0 aliphatic heterocycles. The van der Waals surface area contributed by atoms with Crippen LogP contribution in [-0.4, -0.2) is 14.8 Å². The average molecular weight is 288 g/mol. The van der Waals surface area contributed by atoms with E-state index in [0.717, 1.165) is 29.1 Å². The summed E-state index contributed by atoms with van der Waals surface area (Å²) in [5, 5.41) is 7.85. The van der Waals surface area contributed by atoms with Crippen molar-refractivity contribution in [1.82, 2.24) is 9.78 Å². The first kappa shape index (κ1) is 14.5. The molecule has 106 valence electrons. The molecule has 0 unspecified atom stereocenters. The number of nitrogens with two attached hydrogens (primary N) is 1. The zero-order valence-electron chi connectivity index (χ0n) is 12.3. The average Bonchev–Trinajstić information content (AvgIpc) is 2.61. The van der Waals surface area contributed by atoms with E-state index >= 15 is 0 Å². The molecule has 0 spiro atoms. The van der Waals surface area contributed by atoms with Gasteiger partial charge in [-0.25, -0.2) is 0 Å². The van der Waals surface area contributed by atoms with Crippen molar-refractivity contribution < 1.29 is 0 Å². The van der Waals surface area contributed by atoms with Gasteiger partial charge in [0.1, 0.15) is 4.99 Å². The van der Waals surface area contributed by atoms with Gasteiger partial charge in [-0.05, 0) is 44.5 Å². The Kier molecular flexibility index (Phi) is 4.09. The third-order valence-electron chi connectivity index (χ3n) is 3.62. The SMILES string of the molecule is Cc1cc(NCc2c(C)nn(C)c2C)ccc1C(N)=S. The molecule has 0 bridgehead atoms. The Balaban J connectivity index is 2.15. The van der Waals surface area contributed by atoms with Gasteiger partial charge in [0.2, 0.25) is 0 Å². The first-order chi connectivity index (χ1) is 9.40. The minimum atomic E-state index is 0.438. The minimum absolute atomic E-state index is 0.438. The van der Waals surface area contributed by atoms with E-state index in [1.807, 2.05) is 37.7 Å². The molecule has 20 heavy (non-hydrogen) atoms. The van der Waals surface area contributed by atoms with E-state index in [1.165, 1.54) is 11.3 Å². The summed E-state index contributed by atoms with van der Waals surface area (Å²) in [7, 11) is 1.97. The number of nitrogens with one attached hydrogen (secondary N) is 1. The molecular weight excluding hydrogens is 268 g/mol. The van der Waals surface area contributed by atoms with Crippen molar-refractivity contribution >= 4 is 22.9 Å². The van der Waals surface area contributed by atoms with Gasteiger partial charge in [0.05, 0.1) is 5.69 Å². The van der Waals surface area contributed by atoms with Gasteiger partial charge in [-0.1, -0.05) is 12.2 Å². The topological polar surface area (TPSA) is 55.9 Å². The van der Waals surface area contributed by atoms with Gasteiger partial charge in [0, 0.05) is 36.1 Å². The van der Waals surface area contributed by atoms with Crippen LogP contribution in [0.1, 0.15) is 28.1 Å². The molecule has 0 saturated carbocycles.